The summed E-state index contributed by atoms with van der Waals surface area (Å²) in [5, 5.41) is 2.88. The number of nitrogens with two attached hydrogens (primary N) is 1. The first-order chi connectivity index (χ1) is 13.5. The van der Waals surface area contributed by atoms with Gasteiger partial charge in [0, 0.05) is 11.4 Å². The first-order valence-electron chi connectivity index (χ1n) is 8.64. The predicted octanol–water partition coefficient (Wildman–Crippen LogP) is 4.94. The van der Waals surface area contributed by atoms with E-state index in [9.17, 15) is 4.79 Å². The van der Waals surface area contributed by atoms with E-state index in [-0.39, 0.29) is 5.91 Å². The molecule has 0 bridgehead atoms. The van der Waals surface area contributed by atoms with Crippen molar-refractivity contribution in [1.82, 2.24) is 0 Å². The van der Waals surface area contributed by atoms with E-state index < -0.39 is 0 Å². The van der Waals surface area contributed by atoms with Crippen molar-refractivity contribution in [3.05, 3.63) is 71.8 Å². The summed E-state index contributed by atoms with van der Waals surface area (Å²) >= 11 is 5.79. The molecule has 0 aliphatic carbocycles. The summed E-state index contributed by atoms with van der Waals surface area (Å²) in [5.74, 6) is 1.35. The molecule has 0 heterocycles. The van der Waals surface area contributed by atoms with Crippen molar-refractivity contribution in [2.24, 2.45) is 0 Å². The van der Waals surface area contributed by atoms with Crippen molar-refractivity contribution in [2.75, 3.05) is 25.3 Å². The van der Waals surface area contributed by atoms with Crippen LogP contribution in [0.25, 0.3) is 11.1 Å². The molecule has 0 aromatic heterocycles. The average molecular weight is 397 g/mol. The van der Waals surface area contributed by atoms with Crippen LogP contribution in [0.15, 0.2) is 60.7 Å². The molecule has 0 radical (unpaired) electrons. The molecule has 0 saturated carbocycles. The number of carbonyl (C=O) groups is 1. The normalized spacial score (nSPS) is 10.4. The van der Waals surface area contributed by atoms with E-state index >= 15 is 0 Å². The maximum absolute atomic E-state index is 12.5. The third kappa shape index (κ3) is 4.21. The monoisotopic (exact) mass is 396 g/mol. The van der Waals surface area contributed by atoms with Crippen LogP contribution in [0, 0.1) is 0 Å². The second-order valence-corrected chi connectivity index (χ2v) is 6.42. The molecule has 0 spiro atoms. The molecule has 0 atom stereocenters. The number of rotatable bonds is 6. The van der Waals surface area contributed by atoms with Gasteiger partial charge in [0.15, 0.2) is 0 Å². The van der Waals surface area contributed by atoms with Crippen LogP contribution >= 0.6 is 11.6 Å². The lowest BCUT2D eigenvalue weighted by molar-refractivity contribution is 0.102. The predicted molar refractivity (Wildman–Crippen MR) is 113 cm³/mol. The van der Waals surface area contributed by atoms with E-state index in [0.717, 1.165) is 16.7 Å². The maximum Gasteiger partial charge on any atom is 0.255 e. The molecule has 5 nitrogen and oxygen atoms in total. The largest absolute Gasteiger partial charge is 0.495 e. The highest BCUT2D eigenvalue weighted by atomic mass is 35.5. The number of halogens is 1. The Morgan fingerprint density at radius 1 is 0.929 bits per heavy atom. The van der Waals surface area contributed by atoms with Gasteiger partial charge in [-0.15, -0.1) is 11.6 Å². The molecule has 3 aromatic carbocycles. The van der Waals surface area contributed by atoms with E-state index in [0.29, 0.717) is 34.3 Å². The summed E-state index contributed by atoms with van der Waals surface area (Å²) < 4.78 is 10.8. The average Bonchev–Trinajstić information content (AvgIpc) is 2.74. The third-order valence-corrected chi connectivity index (χ3v) is 4.70. The van der Waals surface area contributed by atoms with Crippen molar-refractivity contribution >= 4 is 28.9 Å². The standard InChI is InChI=1S/C22H21ClN2O3/c1-27-20-11-16(7-9-18(20)24)17-8-10-19(21(12-17)28-2)25-22(26)15-5-3-14(13-23)4-6-15/h3-12H,13,24H2,1-2H3,(H,25,26). The van der Waals surface area contributed by atoms with Crippen molar-refractivity contribution in [3.8, 4) is 22.6 Å². The van der Waals surface area contributed by atoms with Gasteiger partial charge < -0.3 is 20.5 Å². The Morgan fingerprint density at radius 2 is 1.54 bits per heavy atom. The second-order valence-electron chi connectivity index (χ2n) is 6.16. The van der Waals surface area contributed by atoms with Gasteiger partial charge in [-0.1, -0.05) is 24.3 Å². The van der Waals surface area contributed by atoms with E-state index in [1.165, 1.54) is 0 Å². The van der Waals surface area contributed by atoms with Gasteiger partial charge in [0.2, 0.25) is 0 Å². The number of nitrogen functional groups attached to an aromatic ring is 1. The van der Waals surface area contributed by atoms with Gasteiger partial charge in [-0.2, -0.15) is 0 Å². The Bertz CT molecular complexity index is 988. The van der Waals surface area contributed by atoms with Gasteiger partial charge in [-0.3, -0.25) is 4.79 Å². The molecule has 3 rings (SSSR count). The molecule has 0 unspecified atom stereocenters. The van der Waals surface area contributed by atoms with Gasteiger partial charge in [-0.25, -0.2) is 0 Å². The van der Waals surface area contributed by atoms with Gasteiger partial charge in [0.1, 0.15) is 11.5 Å². The number of nitrogens with one attached hydrogen (secondary N) is 1. The number of hydrogen-bond acceptors (Lipinski definition) is 4. The molecule has 144 valence electrons. The molecular weight excluding hydrogens is 376 g/mol. The highest BCUT2D eigenvalue weighted by Gasteiger charge is 2.12. The van der Waals surface area contributed by atoms with Gasteiger partial charge >= 0.3 is 0 Å². The highest BCUT2D eigenvalue weighted by Crippen LogP contribution is 2.34. The molecular formula is C22H21ClN2O3. The van der Waals surface area contributed by atoms with E-state index in [1.54, 1.807) is 32.4 Å². The van der Waals surface area contributed by atoms with E-state index in [2.05, 4.69) is 5.32 Å². The second kappa shape index (κ2) is 8.67. The molecule has 1 amide bonds. The number of carbonyl (C=O) groups excluding carboxylic acids is 1. The molecule has 6 heteroatoms. The maximum atomic E-state index is 12.5. The zero-order valence-electron chi connectivity index (χ0n) is 15.7. The Balaban J connectivity index is 1.85. The Morgan fingerprint density at radius 3 is 2.14 bits per heavy atom. The smallest absolute Gasteiger partial charge is 0.255 e. The number of anilines is 2. The number of hydrogen-bond donors (Lipinski definition) is 2. The molecule has 0 aliphatic rings. The number of ether oxygens (including phenoxy) is 2. The van der Waals surface area contributed by atoms with Crippen LogP contribution in [0.2, 0.25) is 0 Å². The fraction of sp³-hybridized carbons (Fsp3) is 0.136. The first-order valence-corrected chi connectivity index (χ1v) is 9.17. The summed E-state index contributed by atoms with van der Waals surface area (Å²) in [6.45, 7) is 0. The number of amides is 1. The van der Waals surface area contributed by atoms with Crippen molar-refractivity contribution in [2.45, 2.75) is 5.88 Å². The zero-order chi connectivity index (χ0) is 20.1. The van der Waals surface area contributed by atoms with Crippen LogP contribution in [0.5, 0.6) is 11.5 Å². The van der Waals surface area contributed by atoms with Crippen LogP contribution in [0.3, 0.4) is 0 Å². The van der Waals surface area contributed by atoms with Gasteiger partial charge in [0.05, 0.1) is 25.6 Å². The third-order valence-electron chi connectivity index (χ3n) is 4.39. The summed E-state index contributed by atoms with van der Waals surface area (Å²) in [5.41, 5.74) is 10.4. The lowest BCUT2D eigenvalue weighted by Gasteiger charge is -2.13. The summed E-state index contributed by atoms with van der Waals surface area (Å²) in [7, 11) is 3.14. The van der Waals surface area contributed by atoms with Gasteiger partial charge in [-0.05, 0) is 53.1 Å². The van der Waals surface area contributed by atoms with Crippen molar-refractivity contribution in [3.63, 3.8) is 0 Å². The molecule has 0 aliphatic heterocycles. The molecule has 3 N–H and O–H groups in total. The fourth-order valence-electron chi connectivity index (χ4n) is 2.80. The highest BCUT2D eigenvalue weighted by molar-refractivity contribution is 6.17. The Labute approximate surface area is 169 Å². The Hall–Kier alpha value is -3.18. The molecule has 28 heavy (non-hydrogen) atoms. The lowest BCUT2D eigenvalue weighted by atomic mass is 10.0. The van der Waals surface area contributed by atoms with Crippen LogP contribution in [-0.4, -0.2) is 20.1 Å². The molecule has 0 saturated heterocycles. The minimum atomic E-state index is -0.221. The minimum Gasteiger partial charge on any atom is -0.495 e. The van der Waals surface area contributed by atoms with E-state index in [1.807, 2.05) is 42.5 Å². The number of benzene rings is 3. The number of alkyl halides is 1. The first kappa shape index (κ1) is 19.6. The van der Waals surface area contributed by atoms with Crippen LogP contribution in [0.4, 0.5) is 11.4 Å². The molecule has 0 fully saturated rings. The summed E-state index contributed by atoms with van der Waals surface area (Å²) in [6, 6.07) is 18.3. The fourth-order valence-corrected chi connectivity index (χ4v) is 2.98. The Kier molecular flexibility index (Phi) is 6.06. The van der Waals surface area contributed by atoms with Crippen molar-refractivity contribution in [1.29, 1.82) is 0 Å². The van der Waals surface area contributed by atoms with Crippen LogP contribution < -0.4 is 20.5 Å². The van der Waals surface area contributed by atoms with Crippen molar-refractivity contribution < 1.29 is 14.3 Å². The topological polar surface area (TPSA) is 73.6 Å². The zero-order valence-corrected chi connectivity index (χ0v) is 16.4. The SMILES string of the molecule is COc1cc(-c2ccc(NC(=O)c3ccc(CCl)cc3)c(OC)c2)ccc1N. The lowest BCUT2D eigenvalue weighted by Crippen LogP contribution is -2.12. The van der Waals surface area contributed by atoms with Gasteiger partial charge in [0.25, 0.3) is 5.91 Å². The summed E-state index contributed by atoms with van der Waals surface area (Å²) in [6.07, 6.45) is 0. The summed E-state index contributed by atoms with van der Waals surface area (Å²) in [4.78, 5) is 12.5. The van der Waals surface area contributed by atoms with Crippen LogP contribution in [-0.2, 0) is 5.88 Å². The van der Waals surface area contributed by atoms with E-state index in [4.69, 9.17) is 26.8 Å². The number of methoxy groups -OCH3 is 2. The molecule has 3 aromatic rings. The van der Waals surface area contributed by atoms with Crippen LogP contribution in [0.1, 0.15) is 15.9 Å². The minimum absolute atomic E-state index is 0.221. The quantitative estimate of drug-likeness (QED) is 0.457.